The highest BCUT2D eigenvalue weighted by molar-refractivity contribution is 8.00. The Kier molecular flexibility index (Phi) is 11.5. The highest BCUT2D eigenvalue weighted by Gasteiger charge is 2.43. The van der Waals surface area contributed by atoms with E-state index in [9.17, 15) is 29.1 Å². The predicted molar refractivity (Wildman–Crippen MR) is 154 cm³/mol. The van der Waals surface area contributed by atoms with E-state index in [2.05, 4.69) is 31.9 Å². The normalized spacial score (nSPS) is 29.0. The van der Waals surface area contributed by atoms with Crippen molar-refractivity contribution in [2.75, 3.05) is 18.1 Å². The molecular formula is C26H42N6O6S2. The number of urea groups is 2. The van der Waals surface area contributed by atoms with Crippen molar-refractivity contribution >= 4 is 53.4 Å². The quantitative estimate of drug-likeness (QED) is 0.0967. The summed E-state index contributed by atoms with van der Waals surface area (Å²) in [6.45, 7) is 0.482. The van der Waals surface area contributed by atoms with Crippen LogP contribution in [-0.4, -0.2) is 93.7 Å². The van der Waals surface area contributed by atoms with Crippen molar-refractivity contribution in [1.29, 1.82) is 0 Å². The standard InChI is InChI=1S/C26H42N6O6S2/c33-20(10-3-1-8-18-22-16(13-39-18)29-25(37)31-22)27-12-6-5-7-15(24(35)36)28-21(34)11-4-2-9-19-23-17(14-40-19)30-26(38)32-23/h15-19,22-23H,1-14H2,(H,27,33)(H,28,34)(H,35,36)(H2,29,31,37)(H2,30,32,38)/t15-,16-,17-,18-,19-,22-,23-/m0/s1. The highest BCUT2D eigenvalue weighted by atomic mass is 32.2. The molecule has 0 aromatic rings. The van der Waals surface area contributed by atoms with Gasteiger partial charge in [0.15, 0.2) is 0 Å². The third kappa shape index (κ3) is 8.82. The Morgan fingerprint density at radius 2 is 1.32 bits per heavy atom. The van der Waals surface area contributed by atoms with Crippen LogP contribution in [0.1, 0.15) is 70.6 Å². The van der Waals surface area contributed by atoms with Crippen molar-refractivity contribution in [1.82, 2.24) is 31.9 Å². The Morgan fingerprint density at radius 3 is 1.88 bits per heavy atom. The molecule has 6 amide bonds. The van der Waals surface area contributed by atoms with Gasteiger partial charge in [0, 0.05) is 41.4 Å². The van der Waals surface area contributed by atoms with Crippen LogP contribution in [0, 0.1) is 0 Å². The van der Waals surface area contributed by atoms with Gasteiger partial charge in [-0.25, -0.2) is 14.4 Å². The molecule has 0 aromatic heterocycles. The van der Waals surface area contributed by atoms with Gasteiger partial charge in [0.2, 0.25) is 11.8 Å². The van der Waals surface area contributed by atoms with Gasteiger partial charge in [0.25, 0.3) is 0 Å². The van der Waals surface area contributed by atoms with Gasteiger partial charge < -0.3 is 37.0 Å². The molecule has 4 rings (SSSR count). The molecule has 0 saturated carbocycles. The van der Waals surface area contributed by atoms with Crippen molar-refractivity contribution < 1.29 is 29.1 Å². The summed E-state index contributed by atoms with van der Waals surface area (Å²) in [5.41, 5.74) is 0. The Bertz CT molecular complexity index is 941. The average molecular weight is 599 g/mol. The zero-order valence-electron chi connectivity index (χ0n) is 22.7. The fraction of sp³-hybridized carbons (Fsp3) is 0.808. The maximum atomic E-state index is 12.3. The molecule has 40 heavy (non-hydrogen) atoms. The summed E-state index contributed by atoms with van der Waals surface area (Å²) in [4.78, 5) is 59.0. The molecule has 0 aromatic carbocycles. The molecule has 0 radical (unpaired) electrons. The van der Waals surface area contributed by atoms with Crippen molar-refractivity contribution in [2.45, 2.75) is 111 Å². The first-order chi connectivity index (χ1) is 19.3. The summed E-state index contributed by atoms with van der Waals surface area (Å²) < 4.78 is 0. The number of amides is 6. The van der Waals surface area contributed by atoms with Gasteiger partial charge in [-0.1, -0.05) is 12.8 Å². The molecule has 7 atom stereocenters. The molecule has 7 N–H and O–H groups in total. The number of carboxylic acid groups (broad SMARTS) is 1. The first kappa shape index (κ1) is 30.6. The van der Waals surface area contributed by atoms with Gasteiger partial charge in [-0.3, -0.25) is 9.59 Å². The largest absolute Gasteiger partial charge is 0.480 e. The summed E-state index contributed by atoms with van der Waals surface area (Å²) in [7, 11) is 0. The minimum Gasteiger partial charge on any atom is -0.480 e. The highest BCUT2D eigenvalue weighted by Crippen LogP contribution is 2.34. The van der Waals surface area contributed by atoms with Crippen LogP contribution in [0.2, 0.25) is 0 Å². The van der Waals surface area contributed by atoms with E-state index in [4.69, 9.17) is 0 Å². The summed E-state index contributed by atoms with van der Waals surface area (Å²) in [6, 6.07) is -0.372. The number of aliphatic carboxylic acids is 1. The number of unbranched alkanes of at least 4 members (excludes halogenated alkanes) is 3. The van der Waals surface area contributed by atoms with Crippen molar-refractivity contribution in [3.05, 3.63) is 0 Å². The van der Waals surface area contributed by atoms with Crippen molar-refractivity contribution in [2.24, 2.45) is 0 Å². The lowest BCUT2D eigenvalue weighted by Crippen LogP contribution is -2.40. The molecule has 0 aliphatic carbocycles. The van der Waals surface area contributed by atoms with Crippen LogP contribution in [0.4, 0.5) is 9.59 Å². The molecule has 0 unspecified atom stereocenters. The summed E-state index contributed by atoms with van der Waals surface area (Å²) in [5.74, 6) is 0.526. The van der Waals surface area contributed by atoms with E-state index in [0.29, 0.717) is 49.1 Å². The second kappa shape index (κ2) is 15.0. The van der Waals surface area contributed by atoms with Crippen LogP contribution in [0.5, 0.6) is 0 Å². The Hall–Kier alpha value is -2.35. The third-order valence-corrected chi connectivity index (χ3v) is 11.1. The minimum absolute atomic E-state index is 0.00558. The van der Waals surface area contributed by atoms with E-state index in [1.165, 1.54) is 0 Å². The van der Waals surface area contributed by atoms with Crippen molar-refractivity contribution in [3.8, 4) is 0 Å². The van der Waals surface area contributed by atoms with Crippen LogP contribution in [0.3, 0.4) is 0 Å². The van der Waals surface area contributed by atoms with Crippen LogP contribution < -0.4 is 31.9 Å². The second-order valence-corrected chi connectivity index (χ2v) is 13.6. The number of fused-ring (bicyclic) bond motifs is 2. The zero-order chi connectivity index (χ0) is 28.5. The van der Waals surface area contributed by atoms with E-state index in [1.807, 2.05) is 23.5 Å². The number of hydrogen-bond donors (Lipinski definition) is 7. The van der Waals surface area contributed by atoms with Crippen LogP contribution in [0.25, 0.3) is 0 Å². The molecular weight excluding hydrogens is 556 g/mol. The topological polar surface area (TPSA) is 178 Å². The monoisotopic (exact) mass is 598 g/mol. The van der Waals surface area contributed by atoms with E-state index in [0.717, 1.165) is 43.6 Å². The number of nitrogens with one attached hydrogen (secondary N) is 6. The first-order valence-electron chi connectivity index (χ1n) is 14.5. The Balaban J connectivity index is 0.991. The number of carbonyl (C=O) groups is 5. The molecule has 0 bridgehead atoms. The number of carboxylic acids is 1. The Labute approximate surface area is 243 Å². The maximum absolute atomic E-state index is 12.3. The molecule has 0 spiro atoms. The maximum Gasteiger partial charge on any atom is 0.326 e. The fourth-order valence-corrected chi connectivity index (χ4v) is 8.95. The molecule has 4 fully saturated rings. The number of hydrogen-bond acceptors (Lipinski definition) is 7. The van der Waals surface area contributed by atoms with E-state index in [-0.39, 0.29) is 54.5 Å². The van der Waals surface area contributed by atoms with Gasteiger partial charge >= 0.3 is 18.0 Å². The van der Waals surface area contributed by atoms with Gasteiger partial charge in [0.05, 0.1) is 24.2 Å². The molecule has 4 aliphatic rings. The van der Waals surface area contributed by atoms with Crippen LogP contribution in [0.15, 0.2) is 0 Å². The van der Waals surface area contributed by atoms with Crippen LogP contribution in [-0.2, 0) is 14.4 Å². The van der Waals surface area contributed by atoms with Crippen molar-refractivity contribution in [3.63, 3.8) is 0 Å². The lowest BCUT2D eigenvalue weighted by Gasteiger charge is -2.17. The summed E-state index contributed by atoms with van der Waals surface area (Å²) >= 11 is 3.72. The number of rotatable bonds is 17. The number of thioether (sulfide) groups is 2. The molecule has 224 valence electrons. The SMILES string of the molecule is O=C(CCCC[C@@H]1SC[C@@H]2NC(=O)N[C@@H]21)NCCCC[C@H](NC(=O)CCCC[C@@H]1SC[C@@H]2NC(=O)N[C@@H]21)C(=O)O. The summed E-state index contributed by atoms with van der Waals surface area (Å²) in [6.07, 6.45) is 7.41. The predicted octanol–water partition coefficient (Wildman–Crippen LogP) is 1.29. The molecule has 4 saturated heterocycles. The lowest BCUT2D eigenvalue weighted by molar-refractivity contribution is -0.142. The molecule has 12 nitrogen and oxygen atoms in total. The minimum atomic E-state index is -1.05. The average Bonchev–Trinajstić information content (AvgIpc) is 3.65. The second-order valence-electron chi connectivity index (χ2n) is 11.0. The molecule has 4 heterocycles. The van der Waals surface area contributed by atoms with Gasteiger partial charge in [-0.15, -0.1) is 0 Å². The van der Waals surface area contributed by atoms with Crippen LogP contribution >= 0.6 is 23.5 Å². The lowest BCUT2D eigenvalue weighted by atomic mass is 10.0. The zero-order valence-corrected chi connectivity index (χ0v) is 24.4. The first-order valence-corrected chi connectivity index (χ1v) is 16.6. The third-order valence-electron chi connectivity index (χ3n) is 8.04. The van der Waals surface area contributed by atoms with E-state index >= 15 is 0 Å². The molecule has 4 aliphatic heterocycles. The van der Waals surface area contributed by atoms with E-state index < -0.39 is 12.0 Å². The van der Waals surface area contributed by atoms with Gasteiger partial charge in [-0.2, -0.15) is 23.5 Å². The summed E-state index contributed by atoms with van der Waals surface area (Å²) in [5, 5.41) is 27.6. The van der Waals surface area contributed by atoms with Gasteiger partial charge in [0.1, 0.15) is 6.04 Å². The smallest absolute Gasteiger partial charge is 0.326 e. The molecule has 14 heteroatoms. The van der Waals surface area contributed by atoms with E-state index in [1.54, 1.807) is 0 Å². The Morgan fingerprint density at radius 1 is 0.775 bits per heavy atom. The van der Waals surface area contributed by atoms with Gasteiger partial charge in [-0.05, 0) is 44.9 Å². The fourth-order valence-electron chi connectivity index (χ4n) is 5.86. The number of carbonyl (C=O) groups excluding carboxylic acids is 4.